The van der Waals surface area contributed by atoms with Crippen LogP contribution in [0.1, 0.15) is 39.3 Å². The van der Waals surface area contributed by atoms with Gasteiger partial charge in [0.05, 0.1) is 6.04 Å². The van der Waals surface area contributed by atoms with Crippen LogP contribution in [-0.2, 0) is 4.74 Å². The lowest BCUT2D eigenvalue weighted by molar-refractivity contribution is 0.0508. The monoisotopic (exact) mass is 376 g/mol. The molecule has 0 saturated carbocycles. The number of ether oxygens (including phenoxy) is 1. The summed E-state index contributed by atoms with van der Waals surface area (Å²) < 4.78 is 6.22. The Balaban J connectivity index is 2.06. The molecule has 0 fully saturated rings. The predicted octanol–water partition coefficient (Wildman–Crippen LogP) is 5.10. The second kappa shape index (κ2) is 7.13. The molecule has 122 valence electrons. The molecule has 1 aromatic carbocycles. The van der Waals surface area contributed by atoms with Crippen LogP contribution in [0.3, 0.4) is 0 Å². The molecule has 23 heavy (non-hydrogen) atoms. The highest BCUT2D eigenvalue weighted by molar-refractivity contribution is 9.10. The summed E-state index contributed by atoms with van der Waals surface area (Å²) in [6.07, 6.45) is 3.16. The Labute approximate surface area is 145 Å². The van der Waals surface area contributed by atoms with E-state index in [1.165, 1.54) is 0 Å². The third-order valence-electron chi connectivity index (χ3n) is 3.18. The van der Waals surface area contributed by atoms with Crippen molar-refractivity contribution in [2.24, 2.45) is 0 Å². The van der Waals surface area contributed by atoms with E-state index in [0.717, 1.165) is 21.2 Å². The summed E-state index contributed by atoms with van der Waals surface area (Å²) in [5.41, 5.74) is 2.63. The van der Waals surface area contributed by atoms with Crippen molar-refractivity contribution in [2.75, 3.05) is 0 Å². The van der Waals surface area contributed by atoms with Crippen LogP contribution in [-0.4, -0.2) is 16.7 Å². The van der Waals surface area contributed by atoms with Gasteiger partial charge in [-0.3, -0.25) is 4.98 Å². The summed E-state index contributed by atoms with van der Waals surface area (Å²) in [7, 11) is 0. The highest BCUT2D eigenvalue weighted by Gasteiger charge is 2.18. The Hall–Kier alpha value is -1.88. The number of benzene rings is 1. The van der Waals surface area contributed by atoms with Crippen molar-refractivity contribution in [1.82, 2.24) is 10.3 Å². The first kappa shape index (κ1) is 17.5. The molecular formula is C18H21BrN2O2. The normalized spacial score (nSPS) is 12.6. The van der Waals surface area contributed by atoms with E-state index in [0.29, 0.717) is 0 Å². The van der Waals surface area contributed by atoms with E-state index in [4.69, 9.17) is 4.74 Å². The van der Waals surface area contributed by atoms with E-state index in [2.05, 4.69) is 26.2 Å². The SMILES string of the molecule is C[C@@H](NC(=O)OC(C)(C)C)c1ccc(-c2cncc(Br)c2)cc1. The van der Waals surface area contributed by atoms with Crippen molar-refractivity contribution in [3.63, 3.8) is 0 Å². The molecule has 0 aliphatic heterocycles. The fraction of sp³-hybridized carbons (Fsp3) is 0.333. The molecule has 0 bridgehead atoms. The Bertz CT molecular complexity index is 678. The minimum Gasteiger partial charge on any atom is -0.444 e. The highest BCUT2D eigenvalue weighted by Crippen LogP contribution is 2.24. The maximum atomic E-state index is 11.8. The molecule has 0 saturated heterocycles. The molecule has 0 radical (unpaired) electrons. The van der Waals surface area contributed by atoms with Crippen LogP contribution in [0.5, 0.6) is 0 Å². The summed E-state index contributed by atoms with van der Waals surface area (Å²) >= 11 is 3.42. The fourth-order valence-electron chi connectivity index (χ4n) is 2.10. The minimum atomic E-state index is -0.499. The topological polar surface area (TPSA) is 51.2 Å². The standard InChI is InChI=1S/C18H21BrN2O2/c1-12(21-17(22)23-18(2,3)4)13-5-7-14(8-6-13)15-9-16(19)11-20-10-15/h5-12H,1-4H3,(H,21,22)/t12-/m1/s1. The average Bonchev–Trinajstić information content (AvgIpc) is 2.45. The van der Waals surface area contributed by atoms with Gasteiger partial charge in [-0.15, -0.1) is 0 Å². The van der Waals surface area contributed by atoms with Gasteiger partial charge < -0.3 is 10.1 Å². The number of aromatic nitrogens is 1. The smallest absolute Gasteiger partial charge is 0.408 e. The number of hydrogen-bond donors (Lipinski definition) is 1. The molecule has 2 aromatic rings. The van der Waals surface area contributed by atoms with E-state index in [1.54, 1.807) is 6.20 Å². The number of nitrogens with zero attached hydrogens (tertiary/aromatic N) is 1. The lowest BCUT2D eigenvalue weighted by Crippen LogP contribution is -2.34. The first-order valence-electron chi connectivity index (χ1n) is 7.45. The Morgan fingerprint density at radius 2 is 1.83 bits per heavy atom. The van der Waals surface area contributed by atoms with Gasteiger partial charge in [-0.2, -0.15) is 0 Å². The maximum Gasteiger partial charge on any atom is 0.408 e. The van der Waals surface area contributed by atoms with Gasteiger partial charge in [0.1, 0.15) is 5.60 Å². The zero-order valence-corrected chi connectivity index (χ0v) is 15.3. The quantitative estimate of drug-likeness (QED) is 0.810. The number of pyridine rings is 1. The number of nitrogens with one attached hydrogen (secondary N) is 1. The first-order valence-corrected chi connectivity index (χ1v) is 8.24. The molecule has 1 aromatic heterocycles. The van der Waals surface area contributed by atoms with Crippen molar-refractivity contribution in [1.29, 1.82) is 0 Å². The molecule has 0 aliphatic carbocycles. The number of hydrogen-bond acceptors (Lipinski definition) is 3. The van der Waals surface area contributed by atoms with Crippen LogP contribution in [0.4, 0.5) is 4.79 Å². The lowest BCUT2D eigenvalue weighted by atomic mass is 10.0. The Morgan fingerprint density at radius 3 is 2.39 bits per heavy atom. The first-order chi connectivity index (χ1) is 10.7. The molecule has 1 heterocycles. The third-order valence-corrected chi connectivity index (χ3v) is 3.62. The zero-order valence-electron chi connectivity index (χ0n) is 13.8. The van der Waals surface area contributed by atoms with Crippen LogP contribution in [0.15, 0.2) is 47.2 Å². The molecule has 4 nitrogen and oxygen atoms in total. The summed E-state index contributed by atoms with van der Waals surface area (Å²) in [5, 5.41) is 2.84. The van der Waals surface area contributed by atoms with Crippen molar-refractivity contribution in [3.8, 4) is 11.1 Å². The molecule has 0 spiro atoms. The van der Waals surface area contributed by atoms with Gasteiger partial charge in [-0.05, 0) is 60.8 Å². The summed E-state index contributed by atoms with van der Waals surface area (Å²) in [4.78, 5) is 16.0. The molecule has 0 aliphatic rings. The Morgan fingerprint density at radius 1 is 1.17 bits per heavy atom. The van der Waals surface area contributed by atoms with E-state index < -0.39 is 11.7 Å². The number of halogens is 1. The third kappa shape index (κ3) is 5.36. The molecule has 0 unspecified atom stereocenters. The fourth-order valence-corrected chi connectivity index (χ4v) is 2.47. The van der Waals surface area contributed by atoms with Crippen molar-refractivity contribution >= 4 is 22.0 Å². The van der Waals surface area contributed by atoms with Gasteiger partial charge in [0, 0.05) is 22.4 Å². The van der Waals surface area contributed by atoms with Gasteiger partial charge in [0.25, 0.3) is 0 Å². The molecule has 5 heteroatoms. The average molecular weight is 377 g/mol. The maximum absolute atomic E-state index is 11.8. The number of alkyl carbamates (subject to hydrolysis) is 1. The van der Waals surface area contributed by atoms with Gasteiger partial charge in [0.2, 0.25) is 0 Å². The van der Waals surface area contributed by atoms with Crippen LogP contribution in [0.2, 0.25) is 0 Å². The molecule has 1 atom stereocenters. The van der Waals surface area contributed by atoms with E-state index in [9.17, 15) is 4.79 Å². The van der Waals surface area contributed by atoms with Crippen molar-refractivity contribution in [2.45, 2.75) is 39.3 Å². The van der Waals surface area contributed by atoms with Gasteiger partial charge in [0.15, 0.2) is 0 Å². The van der Waals surface area contributed by atoms with Crippen molar-refractivity contribution in [3.05, 3.63) is 52.8 Å². The van der Waals surface area contributed by atoms with E-state index in [-0.39, 0.29) is 6.04 Å². The van der Waals surface area contributed by atoms with Gasteiger partial charge in [-0.25, -0.2) is 4.79 Å². The van der Waals surface area contributed by atoms with Crippen LogP contribution < -0.4 is 5.32 Å². The minimum absolute atomic E-state index is 0.125. The largest absolute Gasteiger partial charge is 0.444 e. The number of amides is 1. The molecule has 2 rings (SSSR count). The number of carbonyl (C=O) groups excluding carboxylic acids is 1. The van der Waals surface area contributed by atoms with E-state index >= 15 is 0 Å². The molecule has 1 N–H and O–H groups in total. The van der Waals surface area contributed by atoms with Gasteiger partial charge >= 0.3 is 6.09 Å². The number of rotatable bonds is 3. The van der Waals surface area contributed by atoms with Crippen LogP contribution in [0, 0.1) is 0 Å². The van der Waals surface area contributed by atoms with Crippen LogP contribution in [0.25, 0.3) is 11.1 Å². The summed E-state index contributed by atoms with van der Waals surface area (Å²) in [5.74, 6) is 0. The Kier molecular flexibility index (Phi) is 5.42. The van der Waals surface area contributed by atoms with Crippen molar-refractivity contribution < 1.29 is 9.53 Å². The summed E-state index contributed by atoms with van der Waals surface area (Å²) in [6, 6.07) is 9.93. The summed E-state index contributed by atoms with van der Waals surface area (Å²) in [6.45, 7) is 7.47. The van der Waals surface area contributed by atoms with Gasteiger partial charge in [-0.1, -0.05) is 24.3 Å². The highest BCUT2D eigenvalue weighted by atomic mass is 79.9. The van der Waals surface area contributed by atoms with Crippen LogP contribution >= 0.6 is 15.9 Å². The second-order valence-electron chi connectivity index (χ2n) is 6.38. The second-order valence-corrected chi connectivity index (χ2v) is 7.30. The number of carbonyl (C=O) groups is 1. The van der Waals surface area contributed by atoms with E-state index in [1.807, 2.05) is 64.2 Å². The predicted molar refractivity (Wildman–Crippen MR) is 95.2 cm³/mol. The zero-order chi connectivity index (χ0) is 17.0. The lowest BCUT2D eigenvalue weighted by Gasteiger charge is -2.22. The molecular weight excluding hydrogens is 356 g/mol. The molecule has 1 amide bonds.